The van der Waals surface area contributed by atoms with Gasteiger partial charge in [0.25, 0.3) is 0 Å². The van der Waals surface area contributed by atoms with Crippen molar-refractivity contribution in [3.05, 3.63) is 71.3 Å². The molecular formula is C21H27N3O2S. The van der Waals surface area contributed by atoms with Crippen LogP contribution in [0.15, 0.2) is 54.6 Å². The van der Waals surface area contributed by atoms with E-state index in [1.54, 1.807) is 11.8 Å². The van der Waals surface area contributed by atoms with Gasteiger partial charge in [0.1, 0.15) is 0 Å². The first kappa shape index (κ1) is 20.8. The lowest BCUT2D eigenvalue weighted by Gasteiger charge is -2.08. The minimum absolute atomic E-state index is 0.0469. The molecule has 144 valence electrons. The van der Waals surface area contributed by atoms with Crippen molar-refractivity contribution in [3.63, 3.8) is 0 Å². The number of benzene rings is 2. The van der Waals surface area contributed by atoms with Crippen molar-refractivity contribution in [3.8, 4) is 0 Å². The first-order chi connectivity index (χ1) is 13.1. The maximum atomic E-state index is 11.8. The van der Waals surface area contributed by atoms with Gasteiger partial charge in [0.15, 0.2) is 0 Å². The fourth-order valence-electron chi connectivity index (χ4n) is 2.36. The number of hydrogen-bond acceptors (Lipinski definition) is 3. The third kappa shape index (κ3) is 9.15. The zero-order valence-corrected chi connectivity index (χ0v) is 16.5. The molecule has 0 saturated carbocycles. The fourth-order valence-corrected chi connectivity index (χ4v) is 3.17. The number of urea groups is 1. The minimum atomic E-state index is -0.264. The lowest BCUT2D eigenvalue weighted by atomic mass is 10.2. The normalized spacial score (nSPS) is 10.3. The van der Waals surface area contributed by atoms with Gasteiger partial charge in [0, 0.05) is 37.6 Å². The second-order valence-electron chi connectivity index (χ2n) is 6.23. The molecule has 2 aromatic carbocycles. The van der Waals surface area contributed by atoms with Crippen LogP contribution in [0.3, 0.4) is 0 Å². The molecule has 0 aliphatic carbocycles. The van der Waals surface area contributed by atoms with E-state index in [4.69, 9.17) is 0 Å². The molecule has 0 atom stereocenters. The van der Waals surface area contributed by atoms with Crippen LogP contribution in [-0.2, 0) is 17.1 Å². The molecule has 0 aliphatic heterocycles. The van der Waals surface area contributed by atoms with E-state index in [0.29, 0.717) is 19.6 Å². The summed E-state index contributed by atoms with van der Waals surface area (Å²) < 4.78 is 0. The predicted molar refractivity (Wildman–Crippen MR) is 112 cm³/mol. The summed E-state index contributed by atoms with van der Waals surface area (Å²) in [4.78, 5) is 23.5. The van der Waals surface area contributed by atoms with Gasteiger partial charge in [-0.3, -0.25) is 4.79 Å². The summed E-state index contributed by atoms with van der Waals surface area (Å²) in [7, 11) is 0. The molecule has 2 rings (SSSR count). The molecule has 0 unspecified atom stereocenters. The van der Waals surface area contributed by atoms with Crippen LogP contribution in [0.4, 0.5) is 4.79 Å². The number of amides is 3. The van der Waals surface area contributed by atoms with E-state index >= 15 is 0 Å². The molecule has 2 aromatic rings. The van der Waals surface area contributed by atoms with Crippen LogP contribution in [0.5, 0.6) is 0 Å². The molecule has 0 saturated heterocycles. The van der Waals surface area contributed by atoms with Crippen LogP contribution in [0.2, 0.25) is 0 Å². The van der Waals surface area contributed by atoms with Crippen molar-refractivity contribution >= 4 is 23.7 Å². The molecule has 3 amide bonds. The van der Waals surface area contributed by atoms with Gasteiger partial charge in [-0.2, -0.15) is 11.8 Å². The van der Waals surface area contributed by atoms with Crippen molar-refractivity contribution in [1.82, 2.24) is 16.0 Å². The first-order valence-electron chi connectivity index (χ1n) is 9.09. The number of hydrogen-bond donors (Lipinski definition) is 3. The van der Waals surface area contributed by atoms with E-state index in [-0.39, 0.29) is 18.4 Å². The van der Waals surface area contributed by atoms with Crippen molar-refractivity contribution in [1.29, 1.82) is 0 Å². The van der Waals surface area contributed by atoms with E-state index < -0.39 is 0 Å². The summed E-state index contributed by atoms with van der Waals surface area (Å²) >= 11 is 1.79. The first-order valence-corrected chi connectivity index (χ1v) is 10.2. The van der Waals surface area contributed by atoms with E-state index in [1.165, 1.54) is 11.1 Å². The summed E-state index contributed by atoms with van der Waals surface area (Å²) in [5.74, 6) is 1.76. The molecule has 27 heavy (non-hydrogen) atoms. The highest BCUT2D eigenvalue weighted by Gasteiger charge is 2.04. The SMILES string of the molecule is Cc1ccc(CSCCNC(=O)CCNC(=O)NCc2ccccc2)cc1. The molecule has 0 radical (unpaired) electrons. The summed E-state index contributed by atoms with van der Waals surface area (Å²) in [6, 6.07) is 17.9. The monoisotopic (exact) mass is 385 g/mol. The lowest BCUT2D eigenvalue weighted by Crippen LogP contribution is -2.37. The van der Waals surface area contributed by atoms with Gasteiger partial charge < -0.3 is 16.0 Å². The maximum absolute atomic E-state index is 11.8. The summed E-state index contributed by atoms with van der Waals surface area (Å²) in [5.41, 5.74) is 3.59. The highest BCUT2D eigenvalue weighted by Crippen LogP contribution is 2.12. The van der Waals surface area contributed by atoms with Gasteiger partial charge in [-0.25, -0.2) is 4.79 Å². The van der Waals surface area contributed by atoms with Gasteiger partial charge in [-0.05, 0) is 18.1 Å². The number of carbonyl (C=O) groups is 2. The molecule has 0 bridgehead atoms. The highest BCUT2D eigenvalue weighted by molar-refractivity contribution is 7.98. The zero-order valence-electron chi connectivity index (χ0n) is 15.7. The molecule has 6 heteroatoms. The molecule has 0 spiro atoms. The van der Waals surface area contributed by atoms with Crippen molar-refractivity contribution in [2.75, 3.05) is 18.8 Å². The van der Waals surface area contributed by atoms with Gasteiger partial charge in [0.05, 0.1) is 0 Å². The van der Waals surface area contributed by atoms with Crippen molar-refractivity contribution in [2.24, 2.45) is 0 Å². The Morgan fingerprint density at radius 2 is 1.59 bits per heavy atom. The smallest absolute Gasteiger partial charge is 0.315 e. The van der Waals surface area contributed by atoms with Crippen LogP contribution < -0.4 is 16.0 Å². The predicted octanol–water partition coefficient (Wildman–Crippen LogP) is 3.23. The Hall–Kier alpha value is -2.47. The number of nitrogens with one attached hydrogen (secondary N) is 3. The quantitative estimate of drug-likeness (QED) is 0.550. The summed E-state index contributed by atoms with van der Waals surface area (Å²) in [6.07, 6.45) is 0.279. The third-order valence-corrected chi connectivity index (χ3v) is 4.92. The molecule has 0 fully saturated rings. The van der Waals surface area contributed by atoms with Crippen LogP contribution in [0.1, 0.15) is 23.1 Å². The molecule has 5 nitrogen and oxygen atoms in total. The molecule has 0 aromatic heterocycles. The zero-order chi connectivity index (χ0) is 19.3. The minimum Gasteiger partial charge on any atom is -0.355 e. The van der Waals surface area contributed by atoms with Gasteiger partial charge in [-0.15, -0.1) is 0 Å². The Bertz CT molecular complexity index is 705. The second kappa shape index (κ2) is 12.0. The summed E-state index contributed by atoms with van der Waals surface area (Å²) in [5, 5.41) is 8.34. The molecule has 3 N–H and O–H groups in total. The number of rotatable bonds is 10. The lowest BCUT2D eigenvalue weighted by molar-refractivity contribution is -0.120. The Morgan fingerprint density at radius 1 is 0.852 bits per heavy atom. The van der Waals surface area contributed by atoms with Crippen molar-refractivity contribution in [2.45, 2.75) is 25.6 Å². The highest BCUT2D eigenvalue weighted by atomic mass is 32.2. The third-order valence-electron chi connectivity index (χ3n) is 3.89. The second-order valence-corrected chi connectivity index (χ2v) is 7.34. The van der Waals surface area contributed by atoms with Crippen molar-refractivity contribution < 1.29 is 9.59 Å². The van der Waals surface area contributed by atoms with Gasteiger partial charge in [0.2, 0.25) is 5.91 Å². The number of thioether (sulfide) groups is 1. The molecular weight excluding hydrogens is 358 g/mol. The largest absolute Gasteiger partial charge is 0.355 e. The maximum Gasteiger partial charge on any atom is 0.315 e. The molecule has 0 aliphatic rings. The molecule has 0 heterocycles. The van der Waals surface area contributed by atoms with Crippen LogP contribution >= 0.6 is 11.8 Å². The average Bonchev–Trinajstić information content (AvgIpc) is 2.68. The van der Waals surface area contributed by atoms with E-state index in [1.807, 2.05) is 30.3 Å². The Balaban J connectivity index is 1.47. The van der Waals surface area contributed by atoms with E-state index in [0.717, 1.165) is 17.1 Å². The number of aryl methyl sites for hydroxylation is 1. The Morgan fingerprint density at radius 3 is 2.33 bits per heavy atom. The van der Waals surface area contributed by atoms with Gasteiger partial charge in [-0.1, -0.05) is 60.2 Å². The van der Waals surface area contributed by atoms with Crippen LogP contribution in [0.25, 0.3) is 0 Å². The topological polar surface area (TPSA) is 70.2 Å². The van der Waals surface area contributed by atoms with E-state index in [9.17, 15) is 9.59 Å². The number of carbonyl (C=O) groups excluding carboxylic acids is 2. The Labute approximate surface area is 165 Å². The fraction of sp³-hybridized carbons (Fsp3) is 0.333. The Kier molecular flexibility index (Phi) is 9.27. The standard InChI is InChI=1S/C21H27N3O2S/c1-17-7-9-19(10-8-17)16-27-14-13-22-20(25)11-12-23-21(26)24-15-18-5-3-2-4-6-18/h2-10H,11-16H2,1H3,(H,22,25)(H2,23,24,26). The van der Waals surface area contributed by atoms with Gasteiger partial charge >= 0.3 is 6.03 Å². The summed E-state index contributed by atoms with van der Waals surface area (Å²) in [6.45, 7) is 3.50. The van der Waals surface area contributed by atoms with E-state index in [2.05, 4.69) is 47.1 Å². The average molecular weight is 386 g/mol. The van der Waals surface area contributed by atoms with Crippen LogP contribution in [0, 0.1) is 6.92 Å². The van der Waals surface area contributed by atoms with Crippen LogP contribution in [-0.4, -0.2) is 30.8 Å².